The average Bonchev–Trinajstić information content (AvgIpc) is 3.41. The first-order valence-electron chi connectivity index (χ1n) is 10.9. The molecule has 2 N–H and O–H groups in total. The second kappa shape index (κ2) is 10.2. The maximum atomic E-state index is 12.7. The highest BCUT2D eigenvalue weighted by molar-refractivity contribution is 5.94. The van der Waals surface area contributed by atoms with Gasteiger partial charge in [0, 0.05) is 43.5 Å². The number of rotatable bonds is 7. The van der Waals surface area contributed by atoms with E-state index in [0.717, 1.165) is 5.69 Å². The molecule has 2 heterocycles. The molecule has 182 valence electrons. The zero-order valence-corrected chi connectivity index (χ0v) is 19.6. The molecule has 2 aromatic rings. The number of nitrogens with zero attached hydrogens (tertiary/aromatic N) is 1. The first-order valence-corrected chi connectivity index (χ1v) is 10.9. The highest BCUT2D eigenvalue weighted by Crippen LogP contribution is 2.30. The Balaban J connectivity index is 1.32. The van der Waals surface area contributed by atoms with Gasteiger partial charge >= 0.3 is 6.09 Å². The van der Waals surface area contributed by atoms with Crippen LogP contribution < -0.4 is 25.0 Å². The van der Waals surface area contributed by atoms with E-state index in [4.69, 9.17) is 23.7 Å². The number of anilines is 2. The molecule has 2 aliphatic heterocycles. The summed E-state index contributed by atoms with van der Waals surface area (Å²) < 4.78 is 27.6. The summed E-state index contributed by atoms with van der Waals surface area (Å²) in [5, 5.41) is 5.64. The van der Waals surface area contributed by atoms with Gasteiger partial charge in [0.15, 0.2) is 6.10 Å². The lowest BCUT2D eigenvalue weighted by Crippen LogP contribution is -2.44. The van der Waals surface area contributed by atoms with Gasteiger partial charge in [-0.1, -0.05) is 0 Å². The lowest BCUT2D eigenvalue weighted by molar-refractivity contribution is 0.00861. The van der Waals surface area contributed by atoms with Gasteiger partial charge in [-0.3, -0.25) is 10.1 Å². The molecule has 4 atom stereocenters. The minimum Gasteiger partial charge on any atom is -0.497 e. The number of carbonyl (C=O) groups excluding carboxylic acids is 2. The zero-order valence-electron chi connectivity index (χ0n) is 19.6. The van der Waals surface area contributed by atoms with E-state index in [1.807, 2.05) is 31.1 Å². The van der Waals surface area contributed by atoms with Crippen molar-refractivity contribution in [1.82, 2.24) is 5.32 Å². The van der Waals surface area contributed by atoms with Gasteiger partial charge in [-0.25, -0.2) is 4.79 Å². The standard InChI is InChI=1S/C24H29N3O7/c1-27(2)16-7-5-14(6-8-16)23(28)26-19-12-32-22-20(13-33-21(19)22)34-24(29)25-15-9-17(30-3)11-18(10-15)31-4/h5-11,19-22H,12-13H2,1-4H3,(H,25,29)(H,26,28). The van der Waals surface area contributed by atoms with E-state index in [-0.39, 0.29) is 25.2 Å². The van der Waals surface area contributed by atoms with Crippen LogP contribution in [0, 0.1) is 0 Å². The summed E-state index contributed by atoms with van der Waals surface area (Å²) in [5.41, 5.74) is 2.02. The zero-order chi connectivity index (χ0) is 24.2. The normalized spacial score (nSPS) is 23.1. The maximum absolute atomic E-state index is 12.7. The molecule has 0 saturated carbocycles. The van der Waals surface area contributed by atoms with Gasteiger partial charge in [0.05, 0.1) is 39.2 Å². The van der Waals surface area contributed by atoms with E-state index in [9.17, 15) is 9.59 Å². The van der Waals surface area contributed by atoms with Crippen LogP contribution in [0.4, 0.5) is 16.2 Å². The minimum atomic E-state index is -0.651. The van der Waals surface area contributed by atoms with E-state index >= 15 is 0 Å². The number of nitrogens with one attached hydrogen (secondary N) is 2. The van der Waals surface area contributed by atoms with Crippen molar-refractivity contribution in [2.45, 2.75) is 24.4 Å². The SMILES string of the molecule is COc1cc(NC(=O)OC2COC3C(NC(=O)c4ccc(N(C)C)cc4)COC23)cc(OC)c1. The van der Waals surface area contributed by atoms with Gasteiger partial charge in [0.25, 0.3) is 5.91 Å². The second-order valence-corrected chi connectivity index (χ2v) is 8.29. The molecule has 4 rings (SSSR count). The fraction of sp³-hybridized carbons (Fsp3) is 0.417. The molecule has 0 bridgehead atoms. The maximum Gasteiger partial charge on any atom is 0.412 e. The van der Waals surface area contributed by atoms with Crippen LogP contribution in [0.3, 0.4) is 0 Å². The van der Waals surface area contributed by atoms with E-state index < -0.39 is 24.4 Å². The van der Waals surface area contributed by atoms with Gasteiger partial charge in [0.1, 0.15) is 23.7 Å². The summed E-state index contributed by atoms with van der Waals surface area (Å²) in [6.07, 6.45) is -2.12. The van der Waals surface area contributed by atoms with Crippen molar-refractivity contribution in [2.24, 2.45) is 0 Å². The van der Waals surface area contributed by atoms with Gasteiger partial charge in [-0.15, -0.1) is 0 Å². The molecule has 2 aromatic carbocycles. The molecule has 10 nitrogen and oxygen atoms in total. The number of ether oxygens (including phenoxy) is 5. The third kappa shape index (κ3) is 5.18. The Bertz CT molecular complexity index is 1010. The number of fused-ring (bicyclic) bond motifs is 1. The molecule has 0 radical (unpaired) electrons. The molecule has 0 aromatic heterocycles. The minimum absolute atomic E-state index is 0.175. The molecular formula is C24H29N3O7. The number of carbonyl (C=O) groups is 2. The first kappa shape index (κ1) is 23.7. The van der Waals surface area contributed by atoms with Crippen molar-refractivity contribution in [1.29, 1.82) is 0 Å². The molecule has 4 unspecified atom stereocenters. The van der Waals surface area contributed by atoms with Crippen molar-refractivity contribution < 1.29 is 33.3 Å². The monoisotopic (exact) mass is 471 g/mol. The van der Waals surface area contributed by atoms with E-state index in [2.05, 4.69) is 10.6 Å². The molecule has 2 aliphatic rings. The Hall–Kier alpha value is -3.50. The Morgan fingerprint density at radius 3 is 2.21 bits per heavy atom. The Morgan fingerprint density at radius 1 is 0.941 bits per heavy atom. The molecular weight excluding hydrogens is 442 g/mol. The fourth-order valence-corrected chi connectivity index (χ4v) is 4.02. The highest BCUT2D eigenvalue weighted by Gasteiger charge is 2.50. The summed E-state index contributed by atoms with van der Waals surface area (Å²) >= 11 is 0. The number of hydrogen-bond acceptors (Lipinski definition) is 8. The number of amides is 2. The summed E-state index contributed by atoms with van der Waals surface area (Å²) in [5.74, 6) is 0.859. The largest absolute Gasteiger partial charge is 0.497 e. The van der Waals surface area contributed by atoms with Crippen LogP contribution in [-0.2, 0) is 14.2 Å². The Morgan fingerprint density at radius 2 is 1.59 bits per heavy atom. The van der Waals surface area contributed by atoms with Crippen LogP contribution in [-0.4, -0.2) is 77.9 Å². The van der Waals surface area contributed by atoms with E-state index in [1.54, 1.807) is 30.3 Å². The number of methoxy groups -OCH3 is 2. The molecule has 0 aliphatic carbocycles. The predicted octanol–water partition coefficient (Wildman–Crippen LogP) is 2.28. The molecule has 0 spiro atoms. The average molecular weight is 472 g/mol. The van der Waals surface area contributed by atoms with Crippen LogP contribution in [0.5, 0.6) is 11.5 Å². The number of hydrogen-bond donors (Lipinski definition) is 2. The summed E-state index contributed by atoms with van der Waals surface area (Å²) in [6, 6.07) is 12.0. The van der Waals surface area contributed by atoms with E-state index in [1.165, 1.54) is 14.2 Å². The van der Waals surface area contributed by atoms with Gasteiger partial charge < -0.3 is 33.9 Å². The van der Waals surface area contributed by atoms with Crippen LogP contribution in [0.15, 0.2) is 42.5 Å². The third-order valence-electron chi connectivity index (χ3n) is 5.83. The van der Waals surface area contributed by atoms with Crippen molar-refractivity contribution in [2.75, 3.05) is 51.7 Å². The van der Waals surface area contributed by atoms with Crippen LogP contribution in [0.25, 0.3) is 0 Å². The van der Waals surface area contributed by atoms with Gasteiger partial charge in [-0.05, 0) is 24.3 Å². The van der Waals surface area contributed by atoms with Crippen LogP contribution in [0.1, 0.15) is 10.4 Å². The first-order chi connectivity index (χ1) is 16.4. The van der Waals surface area contributed by atoms with Crippen molar-refractivity contribution in [3.8, 4) is 11.5 Å². The molecule has 2 saturated heterocycles. The lowest BCUT2D eigenvalue weighted by atomic mass is 10.1. The molecule has 2 amide bonds. The van der Waals surface area contributed by atoms with Crippen molar-refractivity contribution in [3.05, 3.63) is 48.0 Å². The second-order valence-electron chi connectivity index (χ2n) is 8.29. The van der Waals surface area contributed by atoms with Gasteiger partial charge in [-0.2, -0.15) is 0 Å². The smallest absolute Gasteiger partial charge is 0.412 e. The van der Waals surface area contributed by atoms with Gasteiger partial charge in [0.2, 0.25) is 0 Å². The molecule has 2 fully saturated rings. The van der Waals surface area contributed by atoms with Crippen LogP contribution >= 0.6 is 0 Å². The summed E-state index contributed by atoms with van der Waals surface area (Å²) in [6.45, 7) is 0.444. The Kier molecular flexibility index (Phi) is 7.09. The van der Waals surface area contributed by atoms with Crippen molar-refractivity contribution >= 4 is 23.4 Å². The fourth-order valence-electron chi connectivity index (χ4n) is 4.02. The third-order valence-corrected chi connectivity index (χ3v) is 5.83. The van der Waals surface area contributed by atoms with Crippen molar-refractivity contribution in [3.63, 3.8) is 0 Å². The molecule has 10 heteroatoms. The topological polar surface area (TPSA) is 108 Å². The lowest BCUT2D eigenvalue weighted by Gasteiger charge is -2.18. The Labute approximate surface area is 198 Å². The quantitative estimate of drug-likeness (QED) is 0.634. The summed E-state index contributed by atoms with van der Waals surface area (Å²) in [7, 11) is 6.93. The highest BCUT2D eigenvalue weighted by atomic mass is 16.6. The van der Waals surface area contributed by atoms with Crippen LogP contribution in [0.2, 0.25) is 0 Å². The molecule has 34 heavy (non-hydrogen) atoms. The number of benzene rings is 2. The predicted molar refractivity (Wildman–Crippen MR) is 125 cm³/mol. The van der Waals surface area contributed by atoms with E-state index in [0.29, 0.717) is 22.7 Å². The summed E-state index contributed by atoms with van der Waals surface area (Å²) in [4.78, 5) is 27.1.